The second kappa shape index (κ2) is 7.45. The normalized spacial score (nSPS) is 23.6. The number of likely N-dealkylation sites (tertiary alicyclic amines) is 1. The van der Waals surface area contributed by atoms with Crippen molar-refractivity contribution in [2.24, 2.45) is 5.41 Å². The van der Waals surface area contributed by atoms with Crippen molar-refractivity contribution in [3.05, 3.63) is 24.3 Å². The largest absolute Gasteiger partial charge is 0.497 e. The maximum absolute atomic E-state index is 13.0. The molecular formula is C20H30N2O2. The van der Waals surface area contributed by atoms with Crippen LogP contribution in [0.5, 0.6) is 5.75 Å². The van der Waals surface area contributed by atoms with Crippen LogP contribution in [0.15, 0.2) is 24.3 Å². The number of carbonyl (C=O) groups is 1. The van der Waals surface area contributed by atoms with Gasteiger partial charge in [0.1, 0.15) is 5.75 Å². The van der Waals surface area contributed by atoms with Crippen molar-refractivity contribution in [2.45, 2.75) is 57.9 Å². The number of ether oxygens (including phenoxy) is 1. The SMILES string of the molecule is COc1ccc(N[C@@H]2CCCN(C(=O)C3(C)CCCCC3)C2)cc1. The Morgan fingerprint density at radius 3 is 2.54 bits per heavy atom. The third-order valence-electron chi connectivity index (χ3n) is 5.64. The molecule has 1 aliphatic carbocycles. The lowest BCUT2D eigenvalue weighted by Crippen LogP contribution is -2.50. The molecule has 4 nitrogen and oxygen atoms in total. The predicted molar refractivity (Wildman–Crippen MR) is 97.4 cm³/mol. The molecule has 0 unspecified atom stereocenters. The molecule has 0 bridgehead atoms. The Morgan fingerprint density at radius 2 is 1.88 bits per heavy atom. The molecule has 1 aliphatic heterocycles. The predicted octanol–water partition coefficient (Wildman–Crippen LogP) is 4.07. The van der Waals surface area contributed by atoms with Crippen LogP contribution in [0.2, 0.25) is 0 Å². The third-order valence-corrected chi connectivity index (χ3v) is 5.64. The molecule has 1 saturated carbocycles. The zero-order chi connectivity index (χ0) is 17.0. The van der Waals surface area contributed by atoms with Gasteiger partial charge in [0.05, 0.1) is 7.11 Å². The van der Waals surface area contributed by atoms with Gasteiger partial charge in [0.2, 0.25) is 5.91 Å². The maximum atomic E-state index is 13.0. The van der Waals surface area contributed by atoms with Gasteiger partial charge in [0.25, 0.3) is 0 Å². The van der Waals surface area contributed by atoms with Crippen molar-refractivity contribution in [3.8, 4) is 5.75 Å². The Morgan fingerprint density at radius 1 is 1.17 bits per heavy atom. The highest BCUT2D eigenvalue weighted by Gasteiger charge is 2.38. The van der Waals surface area contributed by atoms with Gasteiger partial charge in [-0.05, 0) is 49.9 Å². The first-order chi connectivity index (χ1) is 11.6. The number of nitrogens with zero attached hydrogens (tertiary/aromatic N) is 1. The Bertz CT molecular complexity index is 549. The van der Waals surface area contributed by atoms with Crippen LogP contribution in [0.3, 0.4) is 0 Å². The quantitative estimate of drug-likeness (QED) is 0.905. The van der Waals surface area contributed by atoms with Crippen LogP contribution in [-0.2, 0) is 4.79 Å². The van der Waals surface area contributed by atoms with Gasteiger partial charge >= 0.3 is 0 Å². The van der Waals surface area contributed by atoms with Crippen molar-refractivity contribution >= 4 is 11.6 Å². The molecule has 132 valence electrons. The van der Waals surface area contributed by atoms with Gasteiger partial charge in [0, 0.05) is 30.2 Å². The lowest BCUT2D eigenvalue weighted by Gasteiger charge is -2.41. The molecule has 2 fully saturated rings. The summed E-state index contributed by atoms with van der Waals surface area (Å²) < 4.78 is 5.21. The van der Waals surface area contributed by atoms with Crippen LogP contribution >= 0.6 is 0 Å². The molecule has 2 aliphatic rings. The number of carbonyl (C=O) groups excluding carboxylic acids is 1. The summed E-state index contributed by atoms with van der Waals surface area (Å²) in [5, 5.41) is 3.58. The lowest BCUT2D eigenvalue weighted by molar-refractivity contribution is -0.144. The summed E-state index contributed by atoms with van der Waals surface area (Å²) in [6.07, 6.45) is 7.98. The Balaban J connectivity index is 1.60. The van der Waals surface area contributed by atoms with Gasteiger partial charge in [-0.1, -0.05) is 26.2 Å². The van der Waals surface area contributed by atoms with Gasteiger partial charge in [-0.3, -0.25) is 4.79 Å². The topological polar surface area (TPSA) is 41.6 Å². The van der Waals surface area contributed by atoms with E-state index in [9.17, 15) is 4.79 Å². The van der Waals surface area contributed by atoms with E-state index in [4.69, 9.17) is 4.74 Å². The number of benzene rings is 1. The van der Waals surface area contributed by atoms with E-state index in [1.165, 1.54) is 19.3 Å². The molecule has 1 aromatic carbocycles. The minimum atomic E-state index is -0.125. The van der Waals surface area contributed by atoms with E-state index < -0.39 is 0 Å². The molecule has 1 saturated heterocycles. The minimum absolute atomic E-state index is 0.125. The van der Waals surface area contributed by atoms with E-state index in [0.717, 1.165) is 50.2 Å². The molecule has 3 rings (SSSR count). The third kappa shape index (κ3) is 3.85. The molecule has 0 radical (unpaired) electrons. The number of nitrogens with one attached hydrogen (secondary N) is 1. The summed E-state index contributed by atoms with van der Waals surface area (Å²) in [6, 6.07) is 8.36. The summed E-state index contributed by atoms with van der Waals surface area (Å²) in [5.41, 5.74) is 0.972. The first-order valence-electron chi connectivity index (χ1n) is 9.31. The molecule has 1 N–H and O–H groups in total. The lowest BCUT2D eigenvalue weighted by atomic mass is 9.74. The molecule has 1 amide bonds. The van der Waals surface area contributed by atoms with Crippen molar-refractivity contribution in [2.75, 3.05) is 25.5 Å². The molecule has 1 aromatic rings. The van der Waals surface area contributed by atoms with Gasteiger partial charge in [-0.15, -0.1) is 0 Å². The van der Waals surface area contributed by atoms with Gasteiger partial charge in [-0.25, -0.2) is 0 Å². The molecule has 0 spiro atoms. The number of anilines is 1. The summed E-state index contributed by atoms with van der Waals surface area (Å²) >= 11 is 0. The van der Waals surface area contributed by atoms with E-state index >= 15 is 0 Å². The van der Waals surface area contributed by atoms with Crippen LogP contribution in [0, 0.1) is 5.41 Å². The molecule has 24 heavy (non-hydrogen) atoms. The fraction of sp³-hybridized carbons (Fsp3) is 0.650. The number of rotatable bonds is 4. The smallest absolute Gasteiger partial charge is 0.228 e. The van der Waals surface area contributed by atoms with E-state index in [-0.39, 0.29) is 5.41 Å². The first kappa shape index (κ1) is 17.1. The number of methoxy groups -OCH3 is 1. The number of hydrogen-bond donors (Lipinski definition) is 1. The van der Waals surface area contributed by atoms with Crippen LogP contribution in [0.25, 0.3) is 0 Å². The van der Waals surface area contributed by atoms with Crippen LogP contribution in [-0.4, -0.2) is 37.0 Å². The van der Waals surface area contributed by atoms with E-state index in [0.29, 0.717) is 11.9 Å². The highest BCUT2D eigenvalue weighted by Crippen LogP contribution is 2.38. The summed E-state index contributed by atoms with van der Waals surface area (Å²) in [4.78, 5) is 15.1. The van der Waals surface area contributed by atoms with Gasteiger partial charge in [0.15, 0.2) is 0 Å². The monoisotopic (exact) mass is 330 g/mol. The van der Waals surface area contributed by atoms with E-state index in [1.807, 2.05) is 24.3 Å². The second-order valence-corrected chi connectivity index (χ2v) is 7.58. The molecule has 1 heterocycles. The first-order valence-corrected chi connectivity index (χ1v) is 9.31. The molecule has 0 aromatic heterocycles. The van der Waals surface area contributed by atoms with Gasteiger partial charge < -0.3 is 15.0 Å². The Hall–Kier alpha value is -1.71. The number of amides is 1. The van der Waals surface area contributed by atoms with Gasteiger partial charge in [-0.2, -0.15) is 0 Å². The van der Waals surface area contributed by atoms with Crippen molar-refractivity contribution in [1.82, 2.24) is 4.90 Å². The van der Waals surface area contributed by atoms with Crippen molar-refractivity contribution in [3.63, 3.8) is 0 Å². The minimum Gasteiger partial charge on any atom is -0.497 e. The number of hydrogen-bond acceptors (Lipinski definition) is 3. The fourth-order valence-electron chi connectivity index (χ4n) is 4.13. The zero-order valence-corrected chi connectivity index (χ0v) is 15.0. The van der Waals surface area contributed by atoms with Crippen molar-refractivity contribution < 1.29 is 9.53 Å². The van der Waals surface area contributed by atoms with Crippen LogP contribution in [0.1, 0.15) is 51.9 Å². The average Bonchev–Trinajstić information content (AvgIpc) is 2.62. The Kier molecular flexibility index (Phi) is 5.32. The highest BCUT2D eigenvalue weighted by atomic mass is 16.5. The summed E-state index contributed by atoms with van der Waals surface area (Å²) in [5.74, 6) is 1.25. The standard InChI is InChI=1S/C20H30N2O2/c1-20(12-4-3-5-13-20)19(23)22-14-6-7-17(15-22)21-16-8-10-18(24-2)11-9-16/h8-11,17,21H,3-7,12-15H2,1-2H3/t17-/m1/s1. The fourth-order valence-corrected chi connectivity index (χ4v) is 4.13. The molecular weight excluding hydrogens is 300 g/mol. The number of piperidine rings is 1. The average molecular weight is 330 g/mol. The van der Waals surface area contributed by atoms with Crippen LogP contribution in [0.4, 0.5) is 5.69 Å². The van der Waals surface area contributed by atoms with Crippen molar-refractivity contribution in [1.29, 1.82) is 0 Å². The van der Waals surface area contributed by atoms with E-state index in [1.54, 1.807) is 7.11 Å². The second-order valence-electron chi connectivity index (χ2n) is 7.58. The summed E-state index contributed by atoms with van der Waals surface area (Å²) in [7, 11) is 1.68. The van der Waals surface area contributed by atoms with E-state index in [2.05, 4.69) is 17.1 Å². The zero-order valence-electron chi connectivity index (χ0n) is 15.0. The maximum Gasteiger partial charge on any atom is 0.228 e. The van der Waals surface area contributed by atoms with Crippen LogP contribution < -0.4 is 10.1 Å². The highest BCUT2D eigenvalue weighted by molar-refractivity contribution is 5.82. The Labute approximate surface area is 145 Å². The molecule has 4 heteroatoms. The molecule has 1 atom stereocenters. The summed E-state index contributed by atoms with van der Waals surface area (Å²) in [6.45, 7) is 3.91.